The van der Waals surface area contributed by atoms with Crippen LogP contribution in [0.3, 0.4) is 0 Å². The lowest BCUT2D eigenvalue weighted by molar-refractivity contribution is -0.129. The van der Waals surface area contributed by atoms with Crippen LogP contribution in [0.2, 0.25) is 0 Å². The number of ether oxygens (including phenoxy) is 1. The molecule has 0 aliphatic rings. The van der Waals surface area contributed by atoms with Crippen LogP contribution < -0.4 is 26.2 Å². The van der Waals surface area contributed by atoms with Gasteiger partial charge >= 0.3 is 6.03 Å². The fourth-order valence-corrected chi connectivity index (χ4v) is 2.11. The summed E-state index contributed by atoms with van der Waals surface area (Å²) in [4.78, 5) is 35.0. The number of rotatable bonds is 7. The lowest BCUT2D eigenvalue weighted by atomic mass is 10.1. The van der Waals surface area contributed by atoms with E-state index in [4.69, 9.17) is 10.00 Å². The van der Waals surface area contributed by atoms with Gasteiger partial charge < -0.3 is 15.4 Å². The lowest BCUT2D eigenvalue weighted by Crippen LogP contribution is -2.49. The van der Waals surface area contributed by atoms with Crippen molar-refractivity contribution >= 4 is 17.8 Å². The number of aryl methyl sites for hydroxylation is 1. The molecule has 2 rings (SSSR count). The maximum Gasteiger partial charge on any atom is 0.315 e. The number of hydrazine groups is 1. The third-order valence-electron chi connectivity index (χ3n) is 3.68. The van der Waals surface area contributed by atoms with E-state index in [1.54, 1.807) is 24.3 Å². The van der Waals surface area contributed by atoms with Crippen LogP contribution in [-0.2, 0) is 16.1 Å². The molecule has 0 spiro atoms. The summed E-state index contributed by atoms with van der Waals surface area (Å²) in [6.07, 6.45) is 0. The van der Waals surface area contributed by atoms with Crippen molar-refractivity contribution in [2.45, 2.75) is 13.5 Å². The van der Waals surface area contributed by atoms with Gasteiger partial charge in [0.15, 0.2) is 6.61 Å². The van der Waals surface area contributed by atoms with Crippen molar-refractivity contribution in [3.05, 3.63) is 65.2 Å². The molecule has 0 saturated carbocycles. The number of carbonyl (C=O) groups excluding carboxylic acids is 3. The highest BCUT2D eigenvalue weighted by Crippen LogP contribution is 2.11. The SMILES string of the molecule is Cc1ccc(CNC(=O)NCC(=O)NNC(=O)COc2ccc(C#N)cc2)cc1. The number of hydrogen-bond acceptors (Lipinski definition) is 5. The number of nitriles is 1. The molecule has 0 aliphatic heterocycles. The molecular formula is C20H21N5O4. The maximum atomic E-state index is 11.7. The average molecular weight is 395 g/mol. The molecule has 150 valence electrons. The molecule has 0 bridgehead atoms. The van der Waals surface area contributed by atoms with Crippen LogP contribution in [0.15, 0.2) is 48.5 Å². The van der Waals surface area contributed by atoms with Crippen molar-refractivity contribution in [1.82, 2.24) is 21.5 Å². The Morgan fingerprint density at radius 3 is 2.24 bits per heavy atom. The summed E-state index contributed by atoms with van der Waals surface area (Å²) in [6, 6.07) is 15.4. The number of benzene rings is 2. The van der Waals surface area contributed by atoms with Crippen molar-refractivity contribution < 1.29 is 19.1 Å². The first-order valence-electron chi connectivity index (χ1n) is 8.74. The van der Waals surface area contributed by atoms with Gasteiger partial charge in [0.05, 0.1) is 11.6 Å². The van der Waals surface area contributed by atoms with Gasteiger partial charge in [-0.2, -0.15) is 5.26 Å². The van der Waals surface area contributed by atoms with Gasteiger partial charge in [-0.15, -0.1) is 0 Å². The lowest BCUT2D eigenvalue weighted by Gasteiger charge is -2.10. The number of hydrogen-bond donors (Lipinski definition) is 4. The van der Waals surface area contributed by atoms with Crippen LogP contribution in [0.25, 0.3) is 0 Å². The second kappa shape index (κ2) is 10.9. The van der Waals surface area contributed by atoms with E-state index in [9.17, 15) is 14.4 Å². The normalized spacial score (nSPS) is 9.66. The topological polar surface area (TPSA) is 132 Å². The van der Waals surface area contributed by atoms with Crippen LogP contribution in [0, 0.1) is 18.3 Å². The molecule has 0 fully saturated rings. The van der Waals surface area contributed by atoms with Crippen molar-refractivity contribution in [3.63, 3.8) is 0 Å². The highest BCUT2D eigenvalue weighted by molar-refractivity contribution is 5.86. The smallest absolute Gasteiger partial charge is 0.315 e. The largest absolute Gasteiger partial charge is 0.484 e. The number of nitrogens with zero attached hydrogens (tertiary/aromatic N) is 1. The van der Waals surface area contributed by atoms with E-state index in [2.05, 4.69) is 21.5 Å². The Morgan fingerprint density at radius 2 is 1.59 bits per heavy atom. The number of amides is 4. The molecule has 0 aromatic heterocycles. The molecule has 9 heteroatoms. The zero-order valence-electron chi connectivity index (χ0n) is 15.8. The van der Waals surface area contributed by atoms with Crippen molar-refractivity contribution in [3.8, 4) is 11.8 Å². The first kappa shape index (κ1) is 21.2. The van der Waals surface area contributed by atoms with Crippen LogP contribution in [0.5, 0.6) is 5.75 Å². The van der Waals surface area contributed by atoms with E-state index in [0.29, 0.717) is 17.9 Å². The molecule has 0 atom stereocenters. The fraction of sp³-hybridized carbons (Fsp3) is 0.200. The highest BCUT2D eigenvalue weighted by Gasteiger charge is 2.08. The second-order valence-electron chi connectivity index (χ2n) is 6.04. The molecule has 0 radical (unpaired) electrons. The predicted molar refractivity (Wildman–Crippen MR) is 104 cm³/mol. The van der Waals surface area contributed by atoms with Crippen LogP contribution in [0.4, 0.5) is 4.79 Å². The molecule has 0 heterocycles. The molecule has 0 saturated heterocycles. The third kappa shape index (κ3) is 8.01. The second-order valence-corrected chi connectivity index (χ2v) is 6.04. The van der Waals surface area contributed by atoms with E-state index in [1.165, 1.54) is 0 Å². The molecule has 2 aromatic rings. The fourth-order valence-electron chi connectivity index (χ4n) is 2.11. The molecule has 4 N–H and O–H groups in total. The van der Waals surface area contributed by atoms with E-state index in [-0.39, 0.29) is 13.2 Å². The summed E-state index contributed by atoms with van der Waals surface area (Å²) >= 11 is 0. The zero-order valence-corrected chi connectivity index (χ0v) is 15.8. The van der Waals surface area contributed by atoms with Gasteiger partial charge in [-0.3, -0.25) is 20.4 Å². The van der Waals surface area contributed by atoms with E-state index >= 15 is 0 Å². The van der Waals surface area contributed by atoms with Crippen molar-refractivity contribution in [2.24, 2.45) is 0 Å². The zero-order chi connectivity index (χ0) is 21.1. The Balaban J connectivity index is 1.59. The minimum atomic E-state index is -0.595. The van der Waals surface area contributed by atoms with Crippen molar-refractivity contribution in [2.75, 3.05) is 13.2 Å². The quantitative estimate of drug-likeness (QED) is 0.517. The van der Waals surface area contributed by atoms with Gasteiger partial charge in [0, 0.05) is 6.54 Å². The van der Waals surface area contributed by atoms with E-state index in [0.717, 1.165) is 11.1 Å². The predicted octanol–water partition coefficient (Wildman–Crippen LogP) is 0.892. The summed E-state index contributed by atoms with van der Waals surface area (Å²) in [5, 5.41) is 13.7. The molecule has 0 aliphatic carbocycles. The number of carbonyl (C=O) groups is 3. The van der Waals surface area contributed by atoms with Gasteiger partial charge in [-0.05, 0) is 36.8 Å². The van der Waals surface area contributed by atoms with Crippen molar-refractivity contribution in [1.29, 1.82) is 5.26 Å². The molecule has 0 unspecified atom stereocenters. The molecule has 9 nitrogen and oxygen atoms in total. The Labute approximate surface area is 168 Å². The van der Waals surface area contributed by atoms with Crippen LogP contribution in [0.1, 0.15) is 16.7 Å². The summed E-state index contributed by atoms with van der Waals surface area (Å²) in [5.74, 6) is -0.758. The summed E-state index contributed by atoms with van der Waals surface area (Å²) in [6.45, 7) is 1.67. The Morgan fingerprint density at radius 1 is 0.931 bits per heavy atom. The van der Waals surface area contributed by atoms with Gasteiger partial charge in [0.2, 0.25) is 0 Å². The molecule has 29 heavy (non-hydrogen) atoms. The number of nitrogens with one attached hydrogen (secondary N) is 4. The average Bonchev–Trinajstić information content (AvgIpc) is 2.74. The van der Waals surface area contributed by atoms with E-state index in [1.807, 2.05) is 37.3 Å². The van der Waals surface area contributed by atoms with Gasteiger partial charge in [0.1, 0.15) is 12.3 Å². The maximum absolute atomic E-state index is 11.7. The minimum absolute atomic E-state index is 0.309. The van der Waals surface area contributed by atoms with Crippen LogP contribution in [-0.4, -0.2) is 31.0 Å². The summed E-state index contributed by atoms with van der Waals surface area (Å²) in [5.41, 5.74) is 6.88. The Kier molecular flexibility index (Phi) is 8.01. The summed E-state index contributed by atoms with van der Waals surface area (Å²) < 4.78 is 5.23. The molecule has 2 aromatic carbocycles. The van der Waals surface area contributed by atoms with Gasteiger partial charge in [0.25, 0.3) is 11.8 Å². The Bertz CT molecular complexity index is 889. The minimum Gasteiger partial charge on any atom is -0.484 e. The molecular weight excluding hydrogens is 374 g/mol. The van der Waals surface area contributed by atoms with Crippen LogP contribution >= 0.6 is 0 Å². The number of urea groups is 1. The highest BCUT2D eigenvalue weighted by atomic mass is 16.5. The summed E-state index contributed by atoms with van der Waals surface area (Å²) in [7, 11) is 0. The van der Waals surface area contributed by atoms with E-state index < -0.39 is 17.8 Å². The first-order valence-corrected chi connectivity index (χ1v) is 8.74. The standard InChI is InChI=1S/C20H21N5O4/c1-14-2-4-16(5-3-14)11-22-20(28)23-12-18(26)24-25-19(27)13-29-17-8-6-15(10-21)7-9-17/h2-9H,11-13H2,1H3,(H,24,26)(H,25,27)(H2,22,23,28). The van der Waals surface area contributed by atoms with Gasteiger partial charge in [-0.25, -0.2) is 4.79 Å². The van der Waals surface area contributed by atoms with Gasteiger partial charge in [-0.1, -0.05) is 29.8 Å². The molecule has 4 amide bonds. The Hall–Kier alpha value is -4.06. The third-order valence-corrected chi connectivity index (χ3v) is 3.68. The first-order chi connectivity index (χ1) is 14.0. The monoisotopic (exact) mass is 395 g/mol.